The zero-order valence-corrected chi connectivity index (χ0v) is 22.3. The second kappa shape index (κ2) is 9.09. The molecule has 38 heavy (non-hydrogen) atoms. The van der Waals surface area contributed by atoms with E-state index in [0.717, 1.165) is 39.1 Å². The van der Waals surface area contributed by atoms with Gasteiger partial charge in [0.05, 0.1) is 25.3 Å². The van der Waals surface area contributed by atoms with Crippen molar-refractivity contribution in [2.75, 3.05) is 34.1 Å². The van der Waals surface area contributed by atoms with Crippen LogP contribution < -0.4 is 24.7 Å². The molecule has 4 aliphatic heterocycles. The molecule has 3 N–H and O–H groups in total. The molecular weight excluding hydrogens is 484 g/mol. The number of hydrogen-bond acceptors (Lipinski definition) is 9. The molecule has 2 aromatic rings. The van der Waals surface area contributed by atoms with E-state index in [2.05, 4.69) is 35.6 Å². The molecule has 6 rings (SSSR count). The van der Waals surface area contributed by atoms with Gasteiger partial charge in [0.25, 0.3) is 0 Å². The molecule has 9 heteroatoms. The number of nitriles is 1. The van der Waals surface area contributed by atoms with Crippen LogP contribution in [0.3, 0.4) is 0 Å². The van der Waals surface area contributed by atoms with Gasteiger partial charge in [0.2, 0.25) is 6.79 Å². The van der Waals surface area contributed by atoms with Crippen molar-refractivity contribution < 1.29 is 24.1 Å². The first kappa shape index (κ1) is 24.9. The van der Waals surface area contributed by atoms with E-state index in [0.29, 0.717) is 43.2 Å². The monoisotopic (exact) mass is 518 g/mol. The van der Waals surface area contributed by atoms with Crippen molar-refractivity contribution in [2.45, 2.75) is 56.9 Å². The van der Waals surface area contributed by atoms with Gasteiger partial charge in [0.15, 0.2) is 23.0 Å². The lowest BCUT2D eigenvalue weighted by Gasteiger charge is -2.60. The van der Waals surface area contributed by atoms with Gasteiger partial charge in [-0.3, -0.25) is 9.80 Å². The number of aromatic hydroxyl groups is 1. The molecule has 0 amide bonds. The Morgan fingerprint density at radius 2 is 1.97 bits per heavy atom. The Bertz CT molecular complexity index is 1370. The summed E-state index contributed by atoms with van der Waals surface area (Å²) in [6.07, 6.45) is 2.96. The lowest BCUT2D eigenvalue weighted by molar-refractivity contribution is -0.0710. The lowest BCUT2D eigenvalue weighted by atomic mass is 9.71. The first-order valence-electron chi connectivity index (χ1n) is 13.0. The van der Waals surface area contributed by atoms with Crippen LogP contribution in [0.2, 0.25) is 0 Å². The molecule has 0 aromatic heterocycles. The van der Waals surface area contributed by atoms with Crippen molar-refractivity contribution >= 4 is 0 Å². The maximum atomic E-state index is 11.5. The summed E-state index contributed by atoms with van der Waals surface area (Å²) < 4.78 is 23.8. The number of hydrogen-bond donors (Lipinski definition) is 2. The Labute approximate surface area is 222 Å². The minimum atomic E-state index is -0.405. The average Bonchev–Trinajstić information content (AvgIpc) is 3.39. The minimum Gasteiger partial charge on any atom is -0.504 e. The maximum absolute atomic E-state index is 11.5. The fraction of sp³-hybridized carbons (Fsp3) is 0.483. The molecule has 0 radical (unpaired) electrons. The number of phenols is 1. The van der Waals surface area contributed by atoms with Gasteiger partial charge >= 0.3 is 0 Å². The first-order valence-corrected chi connectivity index (χ1v) is 13.0. The number of rotatable bonds is 5. The van der Waals surface area contributed by atoms with Gasteiger partial charge in [-0.15, -0.1) is 0 Å². The number of aryl methyl sites for hydroxylation is 1. The molecule has 4 heterocycles. The highest BCUT2D eigenvalue weighted by Crippen LogP contribution is 2.58. The van der Waals surface area contributed by atoms with Crippen LogP contribution in [0.5, 0.6) is 28.7 Å². The van der Waals surface area contributed by atoms with Gasteiger partial charge in [-0.2, -0.15) is 5.26 Å². The van der Waals surface area contributed by atoms with E-state index in [1.165, 1.54) is 0 Å². The van der Waals surface area contributed by atoms with Gasteiger partial charge in [0.1, 0.15) is 18.4 Å². The first-order chi connectivity index (χ1) is 18.4. The largest absolute Gasteiger partial charge is 0.504 e. The highest BCUT2D eigenvalue weighted by Gasteiger charge is 2.56. The van der Waals surface area contributed by atoms with Gasteiger partial charge in [-0.1, -0.05) is 18.7 Å². The predicted molar refractivity (Wildman–Crippen MR) is 141 cm³/mol. The third-order valence-electron chi connectivity index (χ3n) is 8.83. The molecule has 9 nitrogen and oxygen atoms in total. The van der Waals surface area contributed by atoms with Crippen molar-refractivity contribution in [2.24, 2.45) is 5.73 Å². The Morgan fingerprint density at radius 3 is 2.66 bits per heavy atom. The van der Waals surface area contributed by atoms with Crippen LogP contribution in [0.15, 0.2) is 18.7 Å². The van der Waals surface area contributed by atoms with E-state index < -0.39 is 6.04 Å². The number of likely N-dealkylation sites (N-methyl/N-ethyl adjacent to an activating group) is 1. The highest BCUT2D eigenvalue weighted by atomic mass is 16.7. The smallest absolute Gasteiger partial charge is 0.231 e. The quantitative estimate of drug-likeness (QED) is 0.577. The molecule has 1 saturated heterocycles. The van der Waals surface area contributed by atoms with Crippen LogP contribution in [0, 0.1) is 25.2 Å². The van der Waals surface area contributed by atoms with Crippen molar-refractivity contribution in [3.63, 3.8) is 0 Å². The molecule has 0 aliphatic carbocycles. The van der Waals surface area contributed by atoms with Crippen molar-refractivity contribution in [1.29, 1.82) is 5.26 Å². The summed E-state index contributed by atoms with van der Waals surface area (Å²) >= 11 is 0. The third-order valence-corrected chi connectivity index (χ3v) is 8.83. The van der Waals surface area contributed by atoms with E-state index in [1.807, 2.05) is 13.8 Å². The molecule has 2 aromatic carbocycles. The second-order valence-electron chi connectivity index (χ2n) is 10.6. The van der Waals surface area contributed by atoms with Gasteiger partial charge in [-0.05, 0) is 44.9 Å². The van der Waals surface area contributed by atoms with E-state index in [9.17, 15) is 10.4 Å². The summed E-state index contributed by atoms with van der Waals surface area (Å²) in [4.78, 5) is 4.52. The molecule has 4 aliphatic rings. The summed E-state index contributed by atoms with van der Waals surface area (Å²) in [6, 6.07) is 3.64. The average molecular weight is 519 g/mol. The summed E-state index contributed by atoms with van der Waals surface area (Å²) in [5.74, 6) is 2.78. The summed E-state index contributed by atoms with van der Waals surface area (Å²) in [6.45, 7) is 8.52. The van der Waals surface area contributed by atoms with Gasteiger partial charge in [-0.25, -0.2) is 0 Å². The summed E-state index contributed by atoms with van der Waals surface area (Å²) in [7, 11) is 3.64. The number of ether oxygens (including phenoxy) is 4. The van der Waals surface area contributed by atoms with Gasteiger partial charge < -0.3 is 29.8 Å². The van der Waals surface area contributed by atoms with E-state index in [4.69, 9.17) is 24.7 Å². The third kappa shape index (κ3) is 3.20. The van der Waals surface area contributed by atoms with Gasteiger partial charge in [0, 0.05) is 40.9 Å². The van der Waals surface area contributed by atoms with Crippen LogP contribution in [-0.4, -0.2) is 67.1 Å². The maximum Gasteiger partial charge on any atom is 0.231 e. The van der Waals surface area contributed by atoms with Crippen LogP contribution in [-0.2, 0) is 12.8 Å². The number of nitrogens with two attached hydrogens (primary N) is 1. The number of methoxy groups -OCH3 is 1. The summed E-state index contributed by atoms with van der Waals surface area (Å²) in [5.41, 5.74) is 12.2. The standard InChI is InChI=1S/C29H34N4O5/c1-6-7-36-27-15(3)28-29(38-13-37-28)23-17(27)10-19-24-22-16(8-14(2)26(35-5)25(22)34)9-18(32(24)4)20(11-30)33(19)21(23)12-31/h6,8,18-21,24,34H,1,7,9-10,12-13,31H2,2-5H3/t18-,19?,20+,21+,24?/m1/s1. The molecule has 2 bridgehead atoms. The lowest BCUT2D eigenvalue weighted by Crippen LogP contribution is -2.68. The number of phenolic OH excluding ortho intramolecular Hbond substituents is 1. The predicted octanol–water partition coefficient (Wildman–Crippen LogP) is 3.04. The van der Waals surface area contributed by atoms with Crippen LogP contribution in [0.4, 0.5) is 0 Å². The van der Waals surface area contributed by atoms with E-state index in [1.54, 1.807) is 13.2 Å². The topological polar surface area (TPSA) is 113 Å². The second-order valence-corrected chi connectivity index (χ2v) is 10.6. The van der Waals surface area contributed by atoms with Crippen molar-refractivity contribution in [1.82, 2.24) is 9.80 Å². The van der Waals surface area contributed by atoms with Crippen molar-refractivity contribution in [3.8, 4) is 34.8 Å². The number of benzene rings is 2. The molecule has 200 valence electrons. The highest BCUT2D eigenvalue weighted by molar-refractivity contribution is 5.66. The molecule has 2 unspecified atom stereocenters. The van der Waals surface area contributed by atoms with E-state index in [-0.39, 0.29) is 36.7 Å². The number of fused-ring (bicyclic) bond motifs is 9. The molecule has 0 saturated carbocycles. The summed E-state index contributed by atoms with van der Waals surface area (Å²) in [5, 5.41) is 22.0. The fourth-order valence-electron chi connectivity index (χ4n) is 7.40. The van der Waals surface area contributed by atoms with Crippen molar-refractivity contribution in [3.05, 3.63) is 52.1 Å². The minimum absolute atomic E-state index is 0.0660. The fourth-order valence-corrected chi connectivity index (χ4v) is 7.40. The van der Waals surface area contributed by atoms with Crippen LogP contribution >= 0.6 is 0 Å². The zero-order chi connectivity index (χ0) is 26.9. The normalized spacial score (nSPS) is 27.1. The Morgan fingerprint density at radius 1 is 1.21 bits per heavy atom. The zero-order valence-electron chi connectivity index (χ0n) is 22.3. The number of nitrogens with zero attached hydrogens (tertiary/aromatic N) is 3. The molecule has 1 fully saturated rings. The van der Waals surface area contributed by atoms with Crippen LogP contribution in [0.1, 0.15) is 45.5 Å². The van der Waals surface area contributed by atoms with E-state index >= 15 is 0 Å². The SMILES string of the molecule is C=CCOc1c(C)c2c(c3c1CC1C4c5c(cc(C)c(OC)c5O)C[C@H]([C@H](C#N)N1[C@H]3CN)N4C)OCO2. The Kier molecular flexibility index (Phi) is 5.94. The Hall–Kier alpha value is -3.45. The van der Waals surface area contributed by atoms with Crippen LogP contribution in [0.25, 0.3) is 0 Å². The Balaban J connectivity index is 1.60. The molecule has 0 spiro atoms. The molecule has 5 atom stereocenters. The number of piperazine rings is 1. The molecular formula is C29H34N4O5.